The Morgan fingerprint density at radius 2 is 2.00 bits per heavy atom. The maximum Gasteiger partial charge on any atom is 0.270 e. The van der Waals surface area contributed by atoms with Crippen molar-refractivity contribution < 1.29 is 4.92 Å². The number of nitriles is 2. The number of hydrogen-bond acceptors (Lipinski definition) is 4. The van der Waals surface area contributed by atoms with Crippen LogP contribution in [0.1, 0.15) is 24.0 Å². The number of benzene rings is 1. The number of non-ortho nitro benzene ring substituents is 1. The Bertz CT molecular complexity index is 617. The summed E-state index contributed by atoms with van der Waals surface area (Å²) in [6.07, 6.45) is 2.29. The standard InChI is InChI=1S/C13H9N3O2/c14-7-10(8-15)12-3-1-2-9-4-5-11(16(17)18)6-13(9)12/h4-6H,1-3H2. The normalized spacial score (nSPS) is 13.1. The van der Waals surface area contributed by atoms with Crippen molar-refractivity contribution in [3.8, 4) is 12.1 Å². The van der Waals surface area contributed by atoms with Crippen LogP contribution in [0, 0.1) is 32.8 Å². The third-order valence-electron chi connectivity index (χ3n) is 3.03. The first-order valence-corrected chi connectivity index (χ1v) is 5.48. The lowest BCUT2D eigenvalue weighted by Gasteiger charge is -2.18. The van der Waals surface area contributed by atoms with Crippen LogP contribution in [-0.2, 0) is 6.42 Å². The number of nitrogens with zero attached hydrogens (tertiary/aromatic N) is 3. The van der Waals surface area contributed by atoms with Gasteiger partial charge in [-0.05, 0) is 36.0 Å². The summed E-state index contributed by atoms with van der Waals surface area (Å²) in [4.78, 5) is 10.3. The van der Waals surface area contributed by atoms with Crippen LogP contribution in [0.5, 0.6) is 0 Å². The molecule has 0 spiro atoms. The van der Waals surface area contributed by atoms with E-state index in [0.717, 1.165) is 18.4 Å². The summed E-state index contributed by atoms with van der Waals surface area (Å²) in [6, 6.07) is 8.34. The van der Waals surface area contributed by atoms with Gasteiger partial charge in [-0.2, -0.15) is 10.5 Å². The molecule has 1 aromatic rings. The Kier molecular flexibility index (Phi) is 3.07. The largest absolute Gasteiger partial charge is 0.270 e. The molecule has 0 saturated carbocycles. The van der Waals surface area contributed by atoms with E-state index in [2.05, 4.69) is 0 Å². The predicted molar refractivity (Wildman–Crippen MR) is 64.2 cm³/mol. The van der Waals surface area contributed by atoms with Gasteiger partial charge < -0.3 is 0 Å². The number of nitro benzene ring substituents is 1. The summed E-state index contributed by atoms with van der Waals surface area (Å²) < 4.78 is 0. The molecule has 0 aliphatic heterocycles. The molecule has 0 aromatic heterocycles. The Balaban J connectivity index is 2.66. The quantitative estimate of drug-likeness (QED) is 0.428. The molecule has 0 heterocycles. The van der Waals surface area contributed by atoms with Crippen molar-refractivity contribution in [3.63, 3.8) is 0 Å². The fourth-order valence-corrected chi connectivity index (χ4v) is 2.19. The van der Waals surface area contributed by atoms with Crippen LogP contribution in [0.4, 0.5) is 5.69 Å². The first kappa shape index (κ1) is 11.8. The van der Waals surface area contributed by atoms with Gasteiger partial charge in [-0.15, -0.1) is 0 Å². The Labute approximate surface area is 104 Å². The minimum absolute atomic E-state index is 0.0108. The lowest BCUT2D eigenvalue weighted by Crippen LogP contribution is -2.04. The van der Waals surface area contributed by atoms with Crippen molar-refractivity contribution in [3.05, 3.63) is 45.0 Å². The zero-order valence-corrected chi connectivity index (χ0v) is 9.51. The number of aryl methyl sites for hydroxylation is 1. The minimum atomic E-state index is -0.467. The van der Waals surface area contributed by atoms with E-state index in [-0.39, 0.29) is 11.3 Å². The van der Waals surface area contributed by atoms with Crippen LogP contribution in [0.2, 0.25) is 0 Å². The molecule has 0 amide bonds. The first-order chi connectivity index (χ1) is 8.67. The number of rotatable bonds is 1. The highest BCUT2D eigenvalue weighted by Gasteiger charge is 2.20. The topological polar surface area (TPSA) is 90.7 Å². The van der Waals surface area contributed by atoms with Gasteiger partial charge >= 0.3 is 0 Å². The predicted octanol–water partition coefficient (Wildman–Crippen LogP) is 2.73. The smallest absolute Gasteiger partial charge is 0.258 e. The van der Waals surface area contributed by atoms with Crippen molar-refractivity contribution in [1.82, 2.24) is 0 Å². The van der Waals surface area contributed by atoms with Crippen LogP contribution in [0.15, 0.2) is 23.8 Å². The van der Waals surface area contributed by atoms with Crippen LogP contribution >= 0.6 is 0 Å². The highest BCUT2D eigenvalue weighted by molar-refractivity contribution is 5.79. The second-order valence-electron chi connectivity index (χ2n) is 4.03. The van der Waals surface area contributed by atoms with Crippen molar-refractivity contribution in [2.24, 2.45) is 0 Å². The molecule has 0 unspecified atom stereocenters. The van der Waals surface area contributed by atoms with Gasteiger partial charge in [0, 0.05) is 12.1 Å². The molecule has 1 aliphatic rings. The second kappa shape index (κ2) is 4.68. The molecule has 0 N–H and O–H groups in total. The van der Waals surface area contributed by atoms with Crippen molar-refractivity contribution in [2.75, 3.05) is 0 Å². The van der Waals surface area contributed by atoms with Crippen LogP contribution in [-0.4, -0.2) is 4.92 Å². The van der Waals surface area contributed by atoms with Crippen molar-refractivity contribution >= 4 is 11.3 Å². The Hall–Kier alpha value is -2.66. The van der Waals surface area contributed by atoms with E-state index in [0.29, 0.717) is 17.6 Å². The molecule has 0 bridgehead atoms. The van der Waals surface area contributed by atoms with Crippen LogP contribution < -0.4 is 0 Å². The maximum absolute atomic E-state index is 10.8. The number of allylic oxidation sites excluding steroid dienone is 2. The number of hydrogen-bond donors (Lipinski definition) is 0. The number of nitro groups is 1. The average Bonchev–Trinajstić information content (AvgIpc) is 2.39. The Morgan fingerprint density at radius 3 is 2.61 bits per heavy atom. The van der Waals surface area contributed by atoms with Crippen LogP contribution in [0.3, 0.4) is 0 Å². The minimum Gasteiger partial charge on any atom is -0.258 e. The molecule has 88 valence electrons. The van der Waals surface area contributed by atoms with Crippen molar-refractivity contribution in [2.45, 2.75) is 19.3 Å². The maximum atomic E-state index is 10.8. The summed E-state index contributed by atoms with van der Waals surface area (Å²) in [5.74, 6) is 0. The van der Waals surface area contributed by atoms with E-state index in [1.165, 1.54) is 12.1 Å². The molecule has 1 aliphatic carbocycles. The molecule has 2 rings (SSSR count). The van der Waals surface area contributed by atoms with E-state index >= 15 is 0 Å². The SMILES string of the molecule is N#CC(C#N)=C1CCCc2ccc([N+](=O)[O-])cc21. The highest BCUT2D eigenvalue weighted by Crippen LogP contribution is 2.34. The van der Waals surface area contributed by atoms with Gasteiger partial charge in [0.25, 0.3) is 5.69 Å². The summed E-state index contributed by atoms with van der Waals surface area (Å²) in [6.45, 7) is 0. The third-order valence-corrected chi connectivity index (χ3v) is 3.03. The van der Waals surface area contributed by atoms with Gasteiger partial charge in [-0.3, -0.25) is 10.1 Å². The zero-order chi connectivity index (χ0) is 13.1. The Morgan fingerprint density at radius 1 is 1.28 bits per heavy atom. The lowest BCUT2D eigenvalue weighted by molar-refractivity contribution is -0.384. The summed E-state index contributed by atoms with van der Waals surface area (Å²) in [7, 11) is 0. The molecule has 0 radical (unpaired) electrons. The van der Waals surface area contributed by atoms with Gasteiger partial charge in [0.15, 0.2) is 0 Å². The van der Waals surface area contributed by atoms with E-state index < -0.39 is 4.92 Å². The van der Waals surface area contributed by atoms with Crippen LogP contribution in [0.25, 0.3) is 5.57 Å². The van der Waals surface area contributed by atoms with Gasteiger partial charge in [0.05, 0.1) is 4.92 Å². The van der Waals surface area contributed by atoms with E-state index in [4.69, 9.17) is 10.5 Å². The van der Waals surface area contributed by atoms with Gasteiger partial charge in [-0.1, -0.05) is 6.07 Å². The second-order valence-corrected chi connectivity index (χ2v) is 4.03. The lowest BCUT2D eigenvalue weighted by atomic mass is 9.85. The molecule has 18 heavy (non-hydrogen) atoms. The summed E-state index contributed by atoms with van der Waals surface area (Å²) >= 11 is 0. The molecule has 1 aromatic carbocycles. The van der Waals surface area contributed by atoms with Gasteiger partial charge in [-0.25, -0.2) is 0 Å². The van der Waals surface area contributed by atoms with E-state index in [9.17, 15) is 10.1 Å². The molecular weight excluding hydrogens is 230 g/mol. The fraction of sp³-hybridized carbons (Fsp3) is 0.231. The fourth-order valence-electron chi connectivity index (χ4n) is 2.19. The van der Waals surface area contributed by atoms with Gasteiger partial charge in [0.2, 0.25) is 0 Å². The first-order valence-electron chi connectivity index (χ1n) is 5.48. The molecule has 0 saturated heterocycles. The number of fused-ring (bicyclic) bond motifs is 1. The summed E-state index contributed by atoms with van der Waals surface area (Å²) in [5.41, 5.74) is 2.31. The third kappa shape index (κ3) is 1.94. The highest BCUT2D eigenvalue weighted by atomic mass is 16.6. The summed E-state index contributed by atoms with van der Waals surface area (Å²) in [5, 5.41) is 28.6. The van der Waals surface area contributed by atoms with E-state index in [1.807, 2.05) is 12.1 Å². The van der Waals surface area contributed by atoms with Crippen molar-refractivity contribution in [1.29, 1.82) is 10.5 Å². The molecule has 5 nitrogen and oxygen atoms in total. The molecule has 5 heteroatoms. The molecule has 0 atom stereocenters. The monoisotopic (exact) mass is 239 g/mol. The van der Waals surface area contributed by atoms with E-state index in [1.54, 1.807) is 6.07 Å². The van der Waals surface area contributed by atoms with Gasteiger partial charge in [0.1, 0.15) is 17.7 Å². The zero-order valence-electron chi connectivity index (χ0n) is 9.51. The molecule has 0 fully saturated rings. The molecular formula is C13H9N3O2. The average molecular weight is 239 g/mol.